The standard InChI is InChI=1S/C52H84O6/c1-4-7-10-13-16-19-22-25-26-28-30-33-36-39-42-45-51(54)57-48-49(47-56-50(53)44-41-38-35-32-29-24-21-18-15-12-9-6-3)58-52(55)46-43-40-37-34-31-27-23-20-17-14-11-8-5-2/h7,9-10,12-13,16,18-19,21-22,25-26,28-30,32,49H,4-6,8,11,14-15,17,20,23-24,27,31,33-48H2,1-3H3/b10-7-,12-9-,16-13-,21-18-,22-19-,26-25-,30-28-,32-29-. The lowest BCUT2D eigenvalue weighted by atomic mass is 10.0. The molecule has 6 nitrogen and oxygen atoms in total. The van der Waals surface area contributed by atoms with Crippen molar-refractivity contribution in [1.82, 2.24) is 0 Å². The molecule has 328 valence electrons. The average molecular weight is 805 g/mol. The van der Waals surface area contributed by atoms with Crippen LogP contribution in [0.1, 0.15) is 194 Å². The molecule has 0 saturated heterocycles. The van der Waals surface area contributed by atoms with E-state index in [1.54, 1.807) is 0 Å². The van der Waals surface area contributed by atoms with E-state index >= 15 is 0 Å². The lowest BCUT2D eigenvalue weighted by Gasteiger charge is -2.18. The number of unbranched alkanes of at least 4 members (excludes halogenated alkanes) is 17. The topological polar surface area (TPSA) is 78.9 Å². The van der Waals surface area contributed by atoms with Gasteiger partial charge < -0.3 is 14.2 Å². The minimum Gasteiger partial charge on any atom is -0.462 e. The summed E-state index contributed by atoms with van der Waals surface area (Å²) in [6.45, 7) is 6.28. The first-order valence-corrected chi connectivity index (χ1v) is 23.3. The maximum Gasteiger partial charge on any atom is 0.306 e. The van der Waals surface area contributed by atoms with Gasteiger partial charge in [0, 0.05) is 19.3 Å². The molecule has 6 heteroatoms. The van der Waals surface area contributed by atoms with Crippen LogP contribution in [0.4, 0.5) is 0 Å². The van der Waals surface area contributed by atoms with E-state index in [0.717, 1.165) is 89.9 Å². The Balaban J connectivity index is 4.52. The van der Waals surface area contributed by atoms with Gasteiger partial charge in [0.25, 0.3) is 0 Å². The van der Waals surface area contributed by atoms with Crippen LogP contribution >= 0.6 is 0 Å². The SMILES string of the molecule is CC\C=C/C=C\C=C/C=C\C=C/CCCCCC(=O)OCC(COC(=O)CCCC/C=C\C/C=C\C/C=C\CC)OC(=O)CCCCCCCCCCCCCCC. The highest BCUT2D eigenvalue weighted by Gasteiger charge is 2.19. The van der Waals surface area contributed by atoms with Crippen molar-refractivity contribution < 1.29 is 28.6 Å². The summed E-state index contributed by atoms with van der Waals surface area (Å²) in [7, 11) is 0. The molecule has 0 heterocycles. The molecule has 0 N–H and O–H groups in total. The molecule has 0 radical (unpaired) electrons. The zero-order chi connectivity index (χ0) is 42.3. The Bertz CT molecular complexity index is 1200. The maximum absolute atomic E-state index is 12.7. The first-order valence-electron chi connectivity index (χ1n) is 23.3. The Hall–Kier alpha value is -3.67. The van der Waals surface area contributed by atoms with Crippen LogP contribution in [0.2, 0.25) is 0 Å². The molecule has 58 heavy (non-hydrogen) atoms. The van der Waals surface area contributed by atoms with Gasteiger partial charge in [0.1, 0.15) is 13.2 Å². The highest BCUT2D eigenvalue weighted by molar-refractivity contribution is 5.71. The zero-order valence-electron chi connectivity index (χ0n) is 37.3. The minimum atomic E-state index is -0.808. The molecule has 0 aromatic rings. The van der Waals surface area contributed by atoms with Crippen LogP contribution in [0.25, 0.3) is 0 Å². The first kappa shape index (κ1) is 54.3. The van der Waals surface area contributed by atoms with Crippen LogP contribution in [-0.4, -0.2) is 37.2 Å². The van der Waals surface area contributed by atoms with Gasteiger partial charge in [-0.15, -0.1) is 0 Å². The van der Waals surface area contributed by atoms with Gasteiger partial charge in [-0.2, -0.15) is 0 Å². The molecule has 1 atom stereocenters. The van der Waals surface area contributed by atoms with Gasteiger partial charge in [-0.3, -0.25) is 14.4 Å². The Labute approximate surface area is 356 Å². The Morgan fingerprint density at radius 2 is 0.759 bits per heavy atom. The van der Waals surface area contributed by atoms with Crippen molar-refractivity contribution in [3.63, 3.8) is 0 Å². The summed E-state index contributed by atoms with van der Waals surface area (Å²) in [5.41, 5.74) is 0. The number of esters is 3. The van der Waals surface area contributed by atoms with Gasteiger partial charge in [-0.05, 0) is 70.6 Å². The third kappa shape index (κ3) is 43.5. The summed E-state index contributed by atoms with van der Waals surface area (Å²) in [6, 6.07) is 0. The smallest absolute Gasteiger partial charge is 0.306 e. The van der Waals surface area contributed by atoms with Crippen LogP contribution in [0.3, 0.4) is 0 Å². The van der Waals surface area contributed by atoms with Crippen molar-refractivity contribution in [3.05, 3.63) is 97.2 Å². The van der Waals surface area contributed by atoms with Crippen molar-refractivity contribution >= 4 is 17.9 Å². The second kappa shape index (κ2) is 46.0. The largest absolute Gasteiger partial charge is 0.462 e. The van der Waals surface area contributed by atoms with Gasteiger partial charge in [-0.25, -0.2) is 0 Å². The normalized spacial score (nSPS) is 12.9. The van der Waals surface area contributed by atoms with E-state index in [-0.39, 0.29) is 31.1 Å². The molecule has 0 bridgehead atoms. The molecule has 0 amide bonds. The number of rotatable bonds is 40. The van der Waals surface area contributed by atoms with E-state index in [1.807, 2.05) is 48.6 Å². The van der Waals surface area contributed by atoms with E-state index < -0.39 is 6.10 Å². The molecule has 0 aromatic heterocycles. The number of carbonyl (C=O) groups is 3. The van der Waals surface area contributed by atoms with E-state index in [4.69, 9.17) is 14.2 Å². The molecule has 0 saturated carbocycles. The van der Waals surface area contributed by atoms with Crippen LogP contribution in [-0.2, 0) is 28.6 Å². The lowest BCUT2D eigenvalue weighted by Crippen LogP contribution is -2.30. The fourth-order valence-corrected chi connectivity index (χ4v) is 6.00. The Morgan fingerprint density at radius 1 is 0.379 bits per heavy atom. The van der Waals surface area contributed by atoms with E-state index in [1.165, 1.54) is 64.2 Å². The van der Waals surface area contributed by atoms with Crippen LogP contribution in [0.15, 0.2) is 97.2 Å². The highest BCUT2D eigenvalue weighted by Crippen LogP contribution is 2.14. The molecule has 1 unspecified atom stereocenters. The summed E-state index contributed by atoms with van der Waals surface area (Å²) in [5.74, 6) is -0.996. The molecular formula is C52H84O6. The summed E-state index contributed by atoms with van der Waals surface area (Å²) in [5, 5.41) is 0. The maximum atomic E-state index is 12.7. The summed E-state index contributed by atoms with van der Waals surface area (Å²) >= 11 is 0. The molecule has 0 aliphatic rings. The average Bonchev–Trinajstić information content (AvgIpc) is 3.22. The lowest BCUT2D eigenvalue weighted by molar-refractivity contribution is -0.167. The van der Waals surface area contributed by atoms with Gasteiger partial charge in [0.2, 0.25) is 0 Å². The molecule has 0 aliphatic carbocycles. The molecule has 0 aliphatic heterocycles. The summed E-state index contributed by atoms with van der Waals surface area (Å²) in [6.07, 6.45) is 59.6. The van der Waals surface area contributed by atoms with Crippen molar-refractivity contribution in [2.75, 3.05) is 13.2 Å². The van der Waals surface area contributed by atoms with Crippen LogP contribution < -0.4 is 0 Å². The number of hydrogen-bond donors (Lipinski definition) is 0. The third-order valence-corrected chi connectivity index (χ3v) is 9.46. The highest BCUT2D eigenvalue weighted by atomic mass is 16.6. The second-order valence-corrected chi connectivity index (χ2v) is 15.0. The Kier molecular flexibility index (Phi) is 43.1. The molecule has 0 spiro atoms. The van der Waals surface area contributed by atoms with Crippen LogP contribution in [0.5, 0.6) is 0 Å². The predicted octanol–water partition coefficient (Wildman–Crippen LogP) is 15.0. The second-order valence-electron chi connectivity index (χ2n) is 15.0. The van der Waals surface area contributed by atoms with Crippen LogP contribution in [0, 0.1) is 0 Å². The third-order valence-electron chi connectivity index (χ3n) is 9.46. The van der Waals surface area contributed by atoms with Crippen molar-refractivity contribution in [2.45, 2.75) is 200 Å². The number of hydrogen-bond acceptors (Lipinski definition) is 6. The van der Waals surface area contributed by atoms with Crippen molar-refractivity contribution in [1.29, 1.82) is 0 Å². The molecule has 0 aromatic carbocycles. The van der Waals surface area contributed by atoms with Gasteiger partial charge in [0.05, 0.1) is 0 Å². The van der Waals surface area contributed by atoms with Crippen molar-refractivity contribution in [2.24, 2.45) is 0 Å². The summed E-state index contributed by atoms with van der Waals surface area (Å²) in [4.78, 5) is 37.8. The van der Waals surface area contributed by atoms with E-state index in [0.29, 0.717) is 19.3 Å². The molecule has 0 rings (SSSR count). The van der Waals surface area contributed by atoms with Crippen molar-refractivity contribution in [3.8, 4) is 0 Å². The van der Waals surface area contributed by atoms with E-state index in [2.05, 4.69) is 69.4 Å². The number of allylic oxidation sites excluding steroid dienone is 16. The molecule has 0 fully saturated rings. The first-order chi connectivity index (χ1) is 28.5. The predicted molar refractivity (Wildman–Crippen MR) is 247 cm³/mol. The Morgan fingerprint density at radius 3 is 1.29 bits per heavy atom. The minimum absolute atomic E-state index is 0.111. The fraction of sp³-hybridized carbons (Fsp3) is 0.635. The van der Waals surface area contributed by atoms with Gasteiger partial charge >= 0.3 is 17.9 Å². The van der Waals surface area contributed by atoms with Gasteiger partial charge in [0.15, 0.2) is 6.10 Å². The molecular weight excluding hydrogens is 721 g/mol. The number of ether oxygens (including phenoxy) is 3. The fourth-order valence-electron chi connectivity index (χ4n) is 6.00. The summed E-state index contributed by atoms with van der Waals surface area (Å²) < 4.78 is 16.7. The van der Waals surface area contributed by atoms with Gasteiger partial charge in [-0.1, -0.05) is 201 Å². The van der Waals surface area contributed by atoms with E-state index in [9.17, 15) is 14.4 Å². The zero-order valence-corrected chi connectivity index (χ0v) is 37.3. The number of carbonyl (C=O) groups excluding carboxylic acids is 3. The quantitative estimate of drug-likeness (QED) is 0.0202. The monoisotopic (exact) mass is 805 g/mol.